The van der Waals surface area contributed by atoms with E-state index in [1.807, 2.05) is 14.1 Å². The molecule has 0 radical (unpaired) electrons. The molecule has 1 aromatic carbocycles. The van der Waals surface area contributed by atoms with Crippen molar-refractivity contribution in [2.24, 2.45) is 5.92 Å². The number of benzene rings is 1. The van der Waals surface area contributed by atoms with Crippen LogP contribution in [0.1, 0.15) is 37.3 Å². The largest absolute Gasteiger partial charge is 0.378 e. The summed E-state index contributed by atoms with van der Waals surface area (Å²) in [5, 5.41) is 3.17. The summed E-state index contributed by atoms with van der Waals surface area (Å²) < 4.78 is 0. The van der Waals surface area contributed by atoms with E-state index >= 15 is 0 Å². The molecule has 0 spiro atoms. The lowest BCUT2D eigenvalue weighted by Gasteiger charge is -2.23. The highest BCUT2D eigenvalue weighted by Gasteiger charge is 2.25. The van der Waals surface area contributed by atoms with E-state index in [4.69, 9.17) is 0 Å². The molecule has 0 unspecified atom stereocenters. The molecular formula is C18H30N3O+. The summed E-state index contributed by atoms with van der Waals surface area (Å²) >= 11 is 0. The van der Waals surface area contributed by atoms with E-state index in [1.165, 1.54) is 29.0 Å². The van der Waals surface area contributed by atoms with Crippen LogP contribution in [0, 0.1) is 5.92 Å². The molecule has 0 aromatic heterocycles. The van der Waals surface area contributed by atoms with E-state index in [1.54, 1.807) is 0 Å². The fourth-order valence-corrected chi connectivity index (χ4v) is 3.20. The van der Waals surface area contributed by atoms with Crippen molar-refractivity contribution in [3.8, 4) is 0 Å². The van der Waals surface area contributed by atoms with Gasteiger partial charge in [0.05, 0.1) is 20.6 Å². The second-order valence-corrected chi connectivity index (χ2v) is 6.84. The van der Waals surface area contributed by atoms with Gasteiger partial charge in [0.15, 0.2) is 0 Å². The lowest BCUT2D eigenvalue weighted by Crippen LogP contribution is -3.07. The Bertz CT molecular complexity index is 476. The molecule has 1 aromatic rings. The van der Waals surface area contributed by atoms with Crippen LogP contribution in [-0.4, -0.2) is 40.6 Å². The quantitative estimate of drug-likeness (QED) is 0.830. The molecule has 0 heterocycles. The Hall–Kier alpha value is -1.55. The van der Waals surface area contributed by atoms with Gasteiger partial charge in [0.2, 0.25) is 5.91 Å². The number of nitrogens with one attached hydrogen (secondary N) is 2. The average Bonchev–Trinajstić information content (AvgIpc) is 3.01. The first-order valence-corrected chi connectivity index (χ1v) is 8.34. The molecule has 1 amide bonds. The molecule has 4 heteroatoms. The monoisotopic (exact) mass is 304 g/mol. The van der Waals surface area contributed by atoms with Gasteiger partial charge in [-0.3, -0.25) is 4.79 Å². The van der Waals surface area contributed by atoms with Crippen LogP contribution in [0.5, 0.6) is 0 Å². The zero-order valence-electron chi connectivity index (χ0n) is 14.4. The summed E-state index contributed by atoms with van der Waals surface area (Å²) in [5.74, 6) is 0.489. The molecule has 22 heavy (non-hydrogen) atoms. The van der Waals surface area contributed by atoms with Gasteiger partial charge in [-0.25, -0.2) is 0 Å². The zero-order valence-corrected chi connectivity index (χ0v) is 14.4. The minimum atomic E-state index is 0.244. The Morgan fingerprint density at radius 3 is 2.32 bits per heavy atom. The van der Waals surface area contributed by atoms with Gasteiger partial charge < -0.3 is 15.1 Å². The first-order valence-electron chi connectivity index (χ1n) is 8.34. The van der Waals surface area contributed by atoms with Crippen LogP contribution in [0.3, 0.4) is 0 Å². The molecule has 2 N–H and O–H groups in total. The molecule has 1 aliphatic rings. The van der Waals surface area contributed by atoms with Crippen molar-refractivity contribution < 1.29 is 9.69 Å². The third kappa shape index (κ3) is 4.23. The second-order valence-electron chi connectivity index (χ2n) is 6.84. The number of amides is 1. The molecular weight excluding hydrogens is 274 g/mol. The molecule has 1 atom stereocenters. The molecule has 1 saturated carbocycles. The third-order valence-electron chi connectivity index (χ3n) is 4.72. The van der Waals surface area contributed by atoms with Crippen LogP contribution in [0.25, 0.3) is 0 Å². The van der Waals surface area contributed by atoms with Crippen LogP contribution in [0.2, 0.25) is 0 Å². The Balaban J connectivity index is 1.98. The van der Waals surface area contributed by atoms with Gasteiger partial charge in [-0.15, -0.1) is 0 Å². The summed E-state index contributed by atoms with van der Waals surface area (Å²) in [6.07, 6.45) is 4.52. The minimum absolute atomic E-state index is 0.244. The van der Waals surface area contributed by atoms with Gasteiger partial charge in [-0.1, -0.05) is 25.0 Å². The fraction of sp³-hybridized carbons (Fsp3) is 0.611. The maximum Gasteiger partial charge on any atom is 0.223 e. The lowest BCUT2D eigenvalue weighted by atomic mass is 10.0. The Morgan fingerprint density at radius 2 is 1.82 bits per heavy atom. The molecule has 0 saturated heterocycles. The molecule has 1 aliphatic carbocycles. The maximum absolute atomic E-state index is 12.2. The van der Waals surface area contributed by atoms with Crippen molar-refractivity contribution in [2.75, 3.05) is 39.6 Å². The van der Waals surface area contributed by atoms with E-state index in [-0.39, 0.29) is 11.8 Å². The number of carbonyl (C=O) groups is 1. The molecule has 0 aliphatic heterocycles. The van der Waals surface area contributed by atoms with E-state index in [9.17, 15) is 4.79 Å². The zero-order chi connectivity index (χ0) is 16.1. The first kappa shape index (κ1) is 16.8. The molecule has 4 nitrogen and oxygen atoms in total. The number of likely N-dealkylation sites (N-methyl/N-ethyl adjacent to an activating group) is 1. The van der Waals surface area contributed by atoms with E-state index in [0.717, 1.165) is 12.8 Å². The summed E-state index contributed by atoms with van der Waals surface area (Å²) in [7, 11) is 8.38. The van der Waals surface area contributed by atoms with Gasteiger partial charge in [0.1, 0.15) is 6.04 Å². The SMILES string of the molecule is CN(C)c1ccc([C@H](CNC(=O)C2CCCC2)[NH+](C)C)cc1. The number of nitrogens with zero attached hydrogens (tertiary/aromatic N) is 1. The van der Waals surface area contributed by atoms with Crippen molar-refractivity contribution in [3.63, 3.8) is 0 Å². The number of rotatable bonds is 6. The fourth-order valence-electron chi connectivity index (χ4n) is 3.20. The maximum atomic E-state index is 12.2. The highest BCUT2D eigenvalue weighted by Crippen LogP contribution is 2.24. The average molecular weight is 304 g/mol. The van der Waals surface area contributed by atoms with Crippen LogP contribution in [-0.2, 0) is 4.79 Å². The van der Waals surface area contributed by atoms with Crippen molar-refractivity contribution in [1.29, 1.82) is 0 Å². The highest BCUT2D eigenvalue weighted by molar-refractivity contribution is 5.78. The standard InChI is InChI=1S/C18H29N3O/c1-20(2)16-11-9-14(10-12-16)17(21(3)4)13-19-18(22)15-7-5-6-8-15/h9-12,15,17H,5-8,13H2,1-4H3,(H,19,22)/p+1/t17-/m0/s1. The van der Waals surface area contributed by atoms with Crippen molar-refractivity contribution in [3.05, 3.63) is 29.8 Å². The molecule has 1 fully saturated rings. The topological polar surface area (TPSA) is 36.8 Å². The minimum Gasteiger partial charge on any atom is -0.378 e. The predicted molar refractivity (Wildman–Crippen MR) is 91.3 cm³/mol. The van der Waals surface area contributed by atoms with Gasteiger partial charge in [-0.05, 0) is 25.0 Å². The smallest absolute Gasteiger partial charge is 0.223 e. The second kappa shape index (κ2) is 7.63. The number of carbonyl (C=O) groups excluding carboxylic acids is 1. The Morgan fingerprint density at radius 1 is 1.23 bits per heavy atom. The van der Waals surface area contributed by atoms with Crippen LogP contribution >= 0.6 is 0 Å². The summed E-state index contributed by atoms with van der Waals surface area (Å²) in [6.45, 7) is 0.707. The number of anilines is 1. The van der Waals surface area contributed by atoms with Gasteiger partial charge in [0, 0.05) is 31.3 Å². The van der Waals surface area contributed by atoms with Crippen molar-refractivity contribution in [1.82, 2.24) is 5.32 Å². The Kier molecular flexibility index (Phi) is 5.83. The van der Waals surface area contributed by atoms with Crippen LogP contribution in [0.4, 0.5) is 5.69 Å². The van der Waals surface area contributed by atoms with Gasteiger partial charge >= 0.3 is 0 Å². The number of hydrogen-bond donors (Lipinski definition) is 2. The number of hydrogen-bond acceptors (Lipinski definition) is 2. The molecule has 0 bridgehead atoms. The number of quaternary nitrogens is 1. The van der Waals surface area contributed by atoms with Crippen LogP contribution in [0.15, 0.2) is 24.3 Å². The first-order chi connectivity index (χ1) is 10.5. The van der Waals surface area contributed by atoms with E-state index < -0.39 is 0 Å². The van der Waals surface area contributed by atoms with Gasteiger partial charge in [0.25, 0.3) is 0 Å². The van der Waals surface area contributed by atoms with E-state index in [0.29, 0.717) is 12.6 Å². The van der Waals surface area contributed by atoms with E-state index in [2.05, 4.69) is 48.6 Å². The van der Waals surface area contributed by atoms with Crippen molar-refractivity contribution in [2.45, 2.75) is 31.7 Å². The molecule has 2 rings (SSSR count). The molecule has 122 valence electrons. The Labute approximate surface area is 134 Å². The lowest BCUT2D eigenvalue weighted by molar-refractivity contribution is -0.890. The van der Waals surface area contributed by atoms with Gasteiger partial charge in [-0.2, -0.15) is 0 Å². The van der Waals surface area contributed by atoms with Crippen LogP contribution < -0.4 is 15.1 Å². The normalized spacial score (nSPS) is 16.8. The van der Waals surface area contributed by atoms with Crippen molar-refractivity contribution >= 4 is 11.6 Å². The summed E-state index contributed by atoms with van der Waals surface area (Å²) in [4.78, 5) is 15.7. The summed E-state index contributed by atoms with van der Waals surface area (Å²) in [5.41, 5.74) is 2.48. The predicted octanol–water partition coefficient (Wildman–Crippen LogP) is 1.24. The highest BCUT2D eigenvalue weighted by atomic mass is 16.1. The summed E-state index contributed by atoms with van der Waals surface area (Å²) in [6, 6.07) is 8.93. The third-order valence-corrected chi connectivity index (χ3v) is 4.72.